The summed E-state index contributed by atoms with van der Waals surface area (Å²) >= 11 is 0. The summed E-state index contributed by atoms with van der Waals surface area (Å²) in [6, 6.07) is 16.8. The number of urea groups is 1. The van der Waals surface area contributed by atoms with Gasteiger partial charge in [0.05, 0.1) is 11.4 Å². The number of carbonyl (C=O) groups excluding carboxylic acids is 5. The van der Waals surface area contributed by atoms with Crippen LogP contribution in [0.25, 0.3) is 32.7 Å². The topological polar surface area (TPSA) is 184 Å². The van der Waals surface area contributed by atoms with Crippen LogP contribution in [0.3, 0.4) is 0 Å². The lowest BCUT2D eigenvalue weighted by atomic mass is 9.76. The van der Waals surface area contributed by atoms with E-state index in [0.29, 0.717) is 67.6 Å². The third-order valence-electron chi connectivity index (χ3n) is 14.7. The molecule has 0 saturated heterocycles. The van der Waals surface area contributed by atoms with E-state index < -0.39 is 6.03 Å². The Bertz CT molecular complexity index is 3250. The van der Waals surface area contributed by atoms with E-state index in [0.717, 1.165) is 96.0 Å². The van der Waals surface area contributed by atoms with E-state index in [1.54, 1.807) is 15.9 Å². The molecule has 3 atom stereocenters. The van der Waals surface area contributed by atoms with Crippen LogP contribution in [0.15, 0.2) is 72.4 Å². The van der Waals surface area contributed by atoms with Crippen molar-refractivity contribution in [3.63, 3.8) is 0 Å². The number of allylic oxidation sites excluding steroid dienone is 2. The van der Waals surface area contributed by atoms with Crippen LogP contribution in [0, 0.1) is 18.8 Å². The number of aromatic amines is 4. The van der Waals surface area contributed by atoms with Crippen molar-refractivity contribution in [3.8, 4) is 0 Å². The van der Waals surface area contributed by atoms with Crippen molar-refractivity contribution in [2.24, 2.45) is 17.6 Å². The first kappa shape index (κ1) is 33.8. The van der Waals surface area contributed by atoms with Crippen LogP contribution in [0.5, 0.6) is 0 Å². The Kier molecular flexibility index (Phi) is 6.37. The summed E-state index contributed by atoms with van der Waals surface area (Å²) in [7, 11) is 0. The number of anilines is 3. The van der Waals surface area contributed by atoms with Gasteiger partial charge in [-0.25, -0.2) is 4.79 Å². The van der Waals surface area contributed by atoms with Gasteiger partial charge in [0.1, 0.15) is 11.4 Å². The van der Waals surface area contributed by atoms with Crippen LogP contribution >= 0.6 is 0 Å². The minimum atomic E-state index is -0.486. The second kappa shape index (κ2) is 11.3. The zero-order valence-electron chi connectivity index (χ0n) is 32.6. The lowest BCUT2D eigenvalue weighted by molar-refractivity contribution is 0.0929. The van der Waals surface area contributed by atoms with Gasteiger partial charge in [-0.2, -0.15) is 0 Å². The van der Waals surface area contributed by atoms with E-state index in [1.165, 1.54) is 0 Å². The molecular weight excluding hydrogens is 757 g/mol. The maximum Gasteiger partial charge on any atom is 0.319 e. The third-order valence-corrected chi connectivity index (χ3v) is 14.7. The van der Waals surface area contributed by atoms with Gasteiger partial charge in [-0.05, 0) is 139 Å². The van der Waals surface area contributed by atoms with Gasteiger partial charge >= 0.3 is 6.03 Å². The lowest BCUT2D eigenvalue weighted by Crippen LogP contribution is -2.33. The van der Waals surface area contributed by atoms with Crippen LogP contribution in [0.2, 0.25) is 0 Å². The summed E-state index contributed by atoms with van der Waals surface area (Å²) in [5.74, 6) is -0.285. The minimum absolute atomic E-state index is 0.0154. The zero-order chi connectivity index (χ0) is 40.5. The first-order valence-corrected chi connectivity index (χ1v) is 20.7. The van der Waals surface area contributed by atoms with Crippen molar-refractivity contribution < 1.29 is 24.0 Å². The van der Waals surface area contributed by atoms with Gasteiger partial charge in [0.25, 0.3) is 11.8 Å². The second-order valence-corrected chi connectivity index (χ2v) is 17.5. The smallest absolute Gasteiger partial charge is 0.319 e. The number of primary amides is 1. The van der Waals surface area contributed by atoms with Crippen LogP contribution in [-0.4, -0.2) is 69.0 Å². The Balaban J connectivity index is 0.768. The molecule has 296 valence electrons. The number of ketones is 2. The number of hydrogen-bond acceptors (Lipinski definition) is 5. The maximum absolute atomic E-state index is 14.3. The molecule has 6 N–H and O–H groups in total. The Morgan fingerprint density at radius 2 is 1.20 bits per heavy atom. The molecule has 3 unspecified atom stereocenters. The molecule has 4 aromatic heterocycles. The van der Waals surface area contributed by atoms with Crippen LogP contribution in [-0.2, 0) is 24.7 Å². The number of H-pyrrole nitrogens is 4. The van der Waals surface area contributed by atoms with Gasteiger partial charge in [-0.1, -0.05) is 0 Å². The van der Waals surface area contributed by atoms with Crippen LogP contribution in [0.4, 0.5) is 21.9 Å². The largest absolute Gasteiger partial charge is 0.358 e. The number of nitrogens with one attached hydrogen (secondary N) is 4. The number of hydrogen-bond donors (Lipinski definition) is 5. The summed E-state index contributed by atoms with van der Waals surface area (Å²) in [5, 5.41) is 2.77. The fourth-order valence-electron chi connectivity index (χ4n) is 12.0. The fourth-order valence-corrected chi connectivity index (χ4v) is 12.0. The molecule has 6 aliphatic rings. The van der Waals surface area contributed by atoms with E-state index in [-0.39, 0.29) is 34.7 Å². The van der Waals surface area contributed by atoms with E-state index in [9.17, 15) is 24.0 Å². The maximum atomic E-state index is 14.3. The molecule has 0 radical (unpaired) electrons. The molecule has 0 bridgehead atoms. The van der Waals surface area contributed by atoms with E-state index >= 15 is 0 Å². The second-order valence-electron chi connectivity index (χ2n) is 17.5. The SMILES string of the molecule is Cc1c[nH]c2c1C13CC1CC(C(=O)c1cc4c5c(ccc4[nH]1)N(C(=O)c1cc4c6c(ccc4[nH]1)N(C(=O)c1cc4c7c(ccc4[nH]1)N(C(N)=O)CC7)CC6)CC5)C3=CC2=O. The van der Waals surface area contributed by atoms with Gasteiger partial charge < -0.3 is 35.5 Å². The predicted molar refractivity (Wildman–Crippen MR) is 226 cm³/mol. The first-order valence-electron chi connectivity index (χ1n) is 20.7. The molecule has 13 rings (SSSR count). The molecular formula is C47H38N8O5. The van der Waals surface area contributed by atoms with Crippen molar-refractivity contribution in [2.45, 2.75) is 44.4 Å². The summed E-state index contributed by atoms with van der Waals surface area (Å²) in [4.78, 5) is 86.0. The van der Waals surface area contributed by atoms with Gasteiger partial charge in [0.15, 0.2) is 5.78 Å². The number of carbonyl (C=O) groups is 5. The first-order chi connectivity index (χ1) is 29.1. The number of amides is 4. The number of aromatic nitrogens is 4. The quantitative estimate of drug-likeness (QED) is 0.121. The summed E-state index contributed by atoms with van der Waals surface area (Å²) < 4.78 is 0. The van der Waals surface area contributed by atoms with Crippen LogP contribution < -0.4 is 20.4 Å². The van der Waals surface area contributed by atoms with Crippen molar-refractivity contribution in [3.05, 3.63) is 123 Å². The molecule has 3 aliphatic carbocycles. The summed E-state index contributed by atoms with van der Waals surface area (Å²) in [6.07, 6.45) is 7.33. The molecule has 2 fully saturated rings. The number of rotatable bonds is 4. The number of nitrogens with zero attached hydrogens (tertiary/aromatic N) is 3. The van der Waals surface area contributed by atoms with E-state index in [2.05, 4.69) is 19.9 Å². The third kappa shape index (κ3) is 4.23. The summed E-state index contributed by atoms with van der Waals surface area (Å²) in [6.45, 7) is 3.57. The van der Waals surface area contributed by atoms with Gasteiger partial charge in [-0.15, -0.1) is 0 Å². The number of aryl methyl sites for hydroxylation is 1. The van der Waals surface area contributed by atoms with E-state index in [4.69, 9.17) is 5.73 Å². The number of fused-ring (bicyclic) bond motifs is 10. The highest BCUT2D eigenvalue weighted by atomic mass is 16.2. The highest BCUT2D eigenvalue weighted by Crippen LogP contribution is 2.71. The number of Topliss-reactive ketones (excluding diaryl/α,β-unsaturated/α-hetero) is 1. The number of benzene rings is 3. The molecule has 1 spiro atoms. The van der Waals surface area contributed by atoms with Crippen LogP contribution in [0.1, 0.15) is 82.6 Å². The van der Waals surface area contributed by atoms with Crippen molar-refractivity contribution in [2.75, 3.05) is 34.3 Å². The van der Waals surface area contributed by atoms with Crippen molar-refractivity contribution >= 4 is 79.2 Å². The average molecular weight is 795 g/mol. The predicted octanol–water partition coefficient (Wildman–Crippen LogP) is 6.90. The molecule has 13 heteroatoms. The number of nitrogens with two attached hydrogens (primary N) is 1. The molecule has 2 saturated carbocycles. The van der Waals surface area contributed by atoms with Crippen molar-refractivity contribution in [1.82, 2.24) is 19.9 Å². The molecule has 3 aromatic carbocycles. The van der Waals surface area contributed by atoms with Gasteiger partial charge in [-0.3, -0.25) is 24.1 Å². The zero-order valence-corrected chi connectivity index (χ0v) is 32.6. The normalized spacial score (nSPS) is 22.0. The molecule has 3 aliphatic heterocycles. The average Bonchev–Trinajstić information content (AvgIpc) is 4.05. The van der Waals surface area contributed by atoms with E-state index in [1.807, 2.05) is 72.6 Å². The highest BCUT2D eigenvalue weighted by Gasteiger charge is 2.68. The van der Waals surface area contributed by atoms with Gasteiger partial charge in [0, 0.05) is 86.9 Å². The molecule has 13 nitrogen and oxygen atoms in total. The molecule has 7 aromatic rings. The standard InChI is InChI=1S/C47H38N8O5/c1-21-20-49-42-40(56)18-30-29(14-22-19-47(22,30)41(21)42)43(57)34-15-26-23-8-11-53(37(23)5-2-31(26)50-34)44(58)35-16-27-24-9-12-54(38(24)6-3-32(27)51-35)45(59)36-17-28-25-10-13-55(46(48)60)39(25)7-4-33(28)52-36/h2-7,15-18,20,22,29,49-52H,8-14,19H2,1H3,(H2,48,60). The Morgan fingerprint density at radius 1 is 0.700 bits per heavy atom. The summed E-state index contributed by atoms with van der Waals surface area (Å²) in [5.41, 5.74) is 18.7. The minimum Gasteiger partial charge on any atom is -0.358 e. The molecule has 4 amide bonds. The fraction of sp³-hybridized carbons (Fsp3) is 0.255. The lowest BCUT2D eigenvalue weighted by Gasteiger charge is -2.25. The molecule has 60 heavy (non-hydrogen) atoms. The Hall–Kier alpha value is -7.15. The van der Waals surface area contributed by atoms with Gasteiger partial charge in [0.2, 0.25) is 5.78 Å². The Labute approximate surface area is 341 Å². The monoisotopic (exact) mass is 794 g/mol. The molecule has 7 heterocycles. The highest BCUT2D eigenvalue weighted by molar-refractivity contribution is 6.15. The van der Waals surface area contributed by atoms with Crippen molar-refractivity contribution in [1.29, 1.82) is 0 Å². The Morgan fingerprint density at radius 3 is 1.75 bits per heavy atom.